The summed E-state index contributed by atoms with van der Waals surface area (Å²) < 4.78 is 41.3. The molecule has 0 aromatic heterocycles. The quantitative estimate of drug-likeness (QED) is 0.646. The molecule has 33 heavy (non-hydrogen) atoms. The van der Waals surface area contributed by atoms with Gasteiger partial charge in [0.1, 0.15) is 23.0 Å². The molecular weight excluding hydrogens is 432 g/mol. The van der Waals surface area contributed by atoms with Crippen LogP contribution in [0.4, 0.5) is 8.78 Å². The van der Waals surface area contributed by atoms with Crippen molar-refractivity contribution in [3.05, 3.63) is 71.8 Å². The zero-order valence-corrected chi connectivity index (χ0v) is 17.7. The second kappa shape index (κ2) is 7.47. The molecule has 2 aliphatic rings. The number of nitrogens with two attached hydrogens (primary N) is 1. The van der Waals surface area contributed by atoms with Crippen LogP contribution in [0.1, 0.15) is 11.1 Å². The molecule has 5 rings (SSSR count). The van der Waals surface area contributed by atoms with Crippen molar-refractivity contribution in [1.29, 1.82) is 0 Å². The lowest BCUT2D eigenvalue weighted by Gasteiger charge is -2.34. The van der Waals surface area contributed by atoms with E-state index in [1.54, 1.807) is 55.6 Å². The molecule has 168 valence electrons. The molecule has 2 aliphatic heterocycles. The van der Waals surface area contributed by atoms with Crippen LogP contribution >= 0.6 is 0 Å². The van der Waals surface area contributed by atoms with E-state index in [4.69, 9.17) is 15.2 Å². The van der Waals surface area contributed by atoms with Crippen molar-refractivity contribution in [3.8, 4) is 34.1 Å². The molecule has 1 spiro atoms. The molecule has 0 saturated heterocycles. The number of hydrogen-bond acceptors (Lipinski definition) is 6. The van der Waals surface area contributed by atoms with E-state index in [1.807, 2.05) is 0 Å². The number of halogens is 2. The monoisotopic (exact) mass is 451 g/mol. The summed E-state index contributed by atoms with van der Waals surface area (Å²) in [7, 11) is 3.08. The van der Waals surface area contributed by atoms with E-state index in [9.17, 15) is 13.6 Å². The average Bonchev–Trinajstić information content (AvgIpc) is 3.03. The highest BCUT2D eigenvalue weighted by Gasteiger charge is 2.54. The first-order chi connectivity index (χ1) is 15.8. The topological polar surface area (TPSA) is 86.4 Å². The number of guanidine groups is 1. The van der Waals surface area contributed by atoms with Crippen LogP contribution in [0.15, 0.2) is 65.7 Å². The molecule has 9 heteroatoms. The van der Waals surface area contributed by atoms with Crippen molar-refractivity contribution < 1.29 is 27.8 Å². The fraction of sp³-hybridized carbons (Fsp3) is 0.167. The maximum atomic E-state index is 13.6. The first-order valence-corrected chi connectivity index (χ1v) is 10.0. The van der Waals surface area contributed by atoms with Gasteiger partial charge < -0.3 is 19.9 Å². The van der Waals surface area contributed by atoms with E-state index >= 15 is 0 Å². The molecule has 2 heterocycles. The number of hydrogen-bond donors (Lipinski definition) is 1. The molecular formula is C24H19F2N3O4. The largest absolute Gasteiger partial charge is 0.497 e. The first-order valence-electron chi connectivity index (χ1n) is 10.0. The Labute approximate surface area is 188 Å². The third kappa shape index (κ3) is 3.15. The molecule has 1 unspecified atom stereocenters. The normalized spacial score (nSPS) is 18.6. The zero-order chi connectivity index (χ0) is 23.3. The number of benzene rings is 3. The number of nitrogens with zero attached hydrogens (tertiary/aromatic N) is 2. The molecule has 0 aliphatic carbocycles. The maximum absolute atomic E-state index is 13.6. The predicted molar refractivity (Wildman–Crippen MR) is 117 cm³/mol. The van der Waals surface area contributed by atoms with E-state index in [1.165, 1.54) is 24.1 Å². The highest BCUT2D eigenvalue weighted by Crippen LogP contribution is 2.53. The standard InChI is InChI=1S/C24H19F2N3O4/c1-29-21(30)24(28-23(29)27)17-11-14(13-4-3-5-16(10-13)32-22(25)26)6-8-19(17)33-20-9-7-15(31-2)12-18(20)24/h3-12,22H,1-2H3,(H2,27,28). The summed E-state index contributed by atoms with van der Waals surface area (Å²) in [6.45, 7) is -2.93. The molecule has 1 atom stereocenters. The molecule has 0 radical (unpaired) electrons. The summed E-state index contributed by atoms with van der Waals surface area (Å²) in [6.07, 6.45) is 0. The number of carbonyl (C=O) groups excluding carboxylic acids is 1. The SMILES string of the molecule is COc1ccc2c(c1)C1(N=C(N)N(C)C1=O)c1cc(-c3cccc(OC(F)F)c3)ccc1O2. The number of amides is 1. The number of aliphatic imine (C=N–C) groups is 1. The number of fused-ring (bicyclic) bond motifs is 4. The smallest absolute Gasteiger partial charge is 0.387 e. The van der Waals surface area contributed by atoms with Crippen molar-refractivity contribution in [2.75, 3.05) is 14.2 Å². The van der Waals surface area contributed by atoms with E-state index in [0.717, 1.165) is 0 Å². The predicted octanol–water partition coefficient (Wildman–Crippen LogP) is 4.10. The van der Waals surface area contributed by atoms with Crippen LogP contribution in [-0.2, 0) is 10.3 Å². The van der Waals surface area contributed by atoms with Crippen LogP contribution in [0, 0.1) is 0 Å². The fourth-order valence-corrected chi connectivity index (χ4v) is 4.20. The summed E-state index contributed by atoms with van der Waals surface area (Å²) in [4.78, 5) is 19.5. The number of ether oxygens (including phenoxy) is 3. The second-order valence-corrected chi connectivity index (χ2v) is 7.63. The summed E-state index contributed by atoms with van der Waals surface area (Å²) in [5, 5.41) is 0. The third-order valence-electron chi connectivity index (χ3n) is 5.80. The van der Waals surface area contributed by atoms with E-state index in [0.29, 0.717) is 39.5 Å². The van der Waals surface area contributed by atoms with E-state index in [-0.39, 0.29) is 17.6 Å². The van der Waals surface area contributed by atoms with Gasteiger partial charge in [-0.15, -0.1) is 0 Å². The molecule has 0 bridgehead atoms. The molecule has 3 aromatic rings. The Morgan fingerprint density at radius 3 is 2.36 bits per heavy atom. The fourth-order valence-electron chi connectivity index (χ4n) is 4.20. The zero-order valence-electron chi connectivity index (χ0n) is 17.7. The summed E-state index contributed by atoms with van der Waals surface area (Å²) >= 11 is 0. The Bertz CT molecular complexity index is 1310. The molecule has 3 aromatic carbocycles. The van der Waals surface area contributed by atoms with Crippen LogP contribution in [0.5, 0.6) is 23.0 Å². The number of methoxy groups -OCH3 is 1. The highest BCUT2D eigenvalue weighted by molar-refractivity contribution is 6.10. The minimum atomic E-state index is -2.93. The van der Waals surface area contributed by atoms with Gasteiger partial charge in [0.15, 0.2) is 5.96 Å². The average molecular weight is 451 g/mol. The highest BCUT2D eigenvalue weighted by atomic mass is 19.3. The first kappa shape index (κ1) is 20.7. The minimum absolute atomic E-state index is 0.0280. The Balaban J connectivity index is 1.71. The van der Waals surface area contributed by atoms with Crippen molar-refractivity contribution >= 4 is 11.9 Å². The molecule has 1 amide bonds. The summed E-state index contributed by atoms with van der Waals surface area (Å²) in [6, 6.07) is 16.7. The van der Waals surface area contributed by atoms with Crippen LogP contribution in [0.3, 0.4) is 0 Å². The van der Waals surface area contributed by atoms with Crippen LogP contribution in [0.2, 0.25) is 0 Å². The maximum Gasteiger partial charge on any atom is 0.387 e. The van der Waals surface area contributed by atoms with Gasteiger partial charge in [-0.25, -0.2) is 4.99 Å². The minimum Gasteiger partial charge on any atom is -0.497 e. The van der Waals surface area contributed by atoms with Gasteiger partial charge in [-0.1, -0.05) is 18.2 Å². The third-order valence-corrected chi connectivity index (χ3v) is 5.80. The van der Waals surface area contributed by atoms with Crippen molar-refractivity contribution in [2.45, 2.75) is 12.2 Å². The lowest BCUT2D eigenvalue weighted by atomic mass is 9.79. The Hall–Kier alpha value is -4.14. The van der Waals surface area contributed by atoms with Gasteiger partial charge in [0.2, 0.25) is 5.54 Å². The van der Waals surface area contributed by atoms with E-state index in [2.05, 4.69) is 9.73 Å². The van der Waals surface area contributed by atoms with Crippen molar-refractivity contribution in [3.63, 3.8) is 0 Å². The lowest BCUT2D eigenvalue weighted by Crippen LogP contribution is -2.42. The Morgan fingerprint density at radius 1 is 1.00 bits per heavy atom. The molecule has 0 saturated carbocycles. The summed E-state index contributed by atoms with van der Waals surface area (Å²) in [5.41, 5.74) is 6.87. The Kier molecular flexibility index (Phi) is 4.70. The number of likely N-dealkylation sites (N-methyl/N-ethyl adjacent to an activating group) is 1. The Morgan fingerprint density at radius 2 is 1.70 bits per heavy atom. The van der Waals surface area contributed by atoms with Crippen LogP contribution in [0.25, 0.3) is 11.1 Å². The van der Waals surface area contributed by atoms with E-state index < -0.39 is 12.2 Å². The van der Waals surface area contributed by atoms with Crippen molar-refractivity contribution in [2.24, 2.45) is 10.7 Å². The van der Waals surface area contributed by atoms with Gasteiger partial charge >= 0.3 is 6.61 Å². The molecule has 0 fully saturated rings. The van der Waals surface area contributed by atoms with Gasteiger partial charge in [-0.2, -0.15) is 8.78 Å². The number of alkyl halides is 2. The molecule has 2 N–H and O–H groups in total. The van der Waals surface area contributed by atoms with Crippen LogP contribution < -0.4 is 19.9 Å². The van der Waals surface area contributed by atoms with Gasteiger partial charge in [-0.3, -0.25) is 9.69 Å². The van der Waals surface area contributed by atoms with Crippen molar-refractivity contribution in [1.82, 2.24) is 4.90 Å². The van der Waals surface area contributed by atoms with Gasteiger partial charge in [0.05, 0.1) is 7.11 Å². The van der Waals surface area contributed by atoms with Gasteiger partial charge in [0, 0.05) is 18.2 Å². The molecule has 7 nitrogen and oxygen atoms in total. The van der Waals surface area contributed by atoms with Gasteiger partial charge in [-0.05, 0) is 53.6 Å². The lowest BCUT2D eigenvalue weighted by molar-refractivity contribution is -0.129. The van der Waals surface area contributed by atoms with Crippen LogP contribution in [-0.4, -0.2) is 37.5 Å². The number of rotatable bonds is 4. The van der Waals surface area contributed by atoms with Gasteiger partial charge in [0.25, 0.3) is 5.91 Å². The summed E-state index contributed by atoms with van der Waals surface area (Å²) in [5.74, 6) is 1.19. The number of carbonyl (C=O) groups is 1. The second-order valence-electron chi connectivity index (χ2n) is 7.63.